The van der Waals surface area contributed by atoms with Gasteiger partial charge in [-0.05, 0) is 19.4 Å². The monoisotopic (exact) mass is 248 g/mol. The van der Waals surface area contributed by atoms with Crippen LogP contribution in [0.25, 0.3) is 5.52 Å². The minimum atomic E-state index is 0.0138. The Morgan fingerprint density at radius 3 is 3.06 bits per heavy atom. The molecule has 18 heavy (non-hydrogen) atoms. The molecule has 0 bridgehead atoms. The van der Waals surface area contributed by atoms with Crippen molar-refractivity contribution >= 4 is 5.52 Å². The fourth-order valence-electron chi connectivity index (χ4n) is 2.10. The Hall–Kier alpha value is -1.62. The highest BCUT2D eigenvalue weighted by Crippen LogP contribution is 1.96. The summed E-state index contributed by atoms with van der Waals surface area (Å²) in [4.78, 5) is 12.1. The molecule has 0 radical (unpaired) electrons. The summed E-state index contributed by atoms with van der Waals surface area (Å²) in [6.07, 6.45) is 7.58. The molecule has 0 amide bonds. The maximum absolute atomic E-state index is 12.1. The number of nitrogens with zero attached hydrogens (tertiary/aromatic N) is 3. The molecule has 0 fully saturated rings. The Kier molecular flexibility index (Phi) is 4.15. The first-order chi connectivity index (χ1) is 8.72. The zero-order valence-electron chi connectivity index (χ0n) is 11.0. The fraction of sp³-hybridized carbons (Fsp3) is 0.538. The number of rotatable bonds is 6. The van der Waals surface area contributed by atoms with E-state index in [1.54, 1.807) is 27.5 Å². The summed E-state index contributed by atoms with van der Waals surface area (Å²) in [6.45, 7) is 5.85. The van der Waals surface area contributed by atoms with E-state index in [2.05, 4.69) is 24.3 Å². The second-order valence-corrected chi connectivity index (χ2v) is 4.60. The highest BCUT2D eigenvalue weighted by atomic mass is 16.1. The zero-order chi connectivity index (χ0) is 13.0. The molecule has 1 unspecified atom stereocenters. The first kappa shape index (κ1) is 12.8. The molecule has 0 aromatic carbocycles. The number of hydrogen-bond acceptors (Lipinski definition) is 3. The number of nitrogens with one attached hydrogen (secondary N) is 1. The van der Waals surface area contributed by atoms with Crippen molar-refractivity contribution in [2.45, 2.75) is 39.3 Å². The van der Waals surface area contributed by atoms with E-state index in [1.165, 1.54) is 6.42 Å². The van der Waals surface area contributed by atoms with Crippen LogP contribution in [-0.2, 0) is 6.54 Å². The fourth-order valence-corrected chi connectivity index (χ4v) is 2.10. The van der Waals surface area contributed by atoms with Gasteiger partial charge in [0.1, 0.15) is 5.52 Å². The highest BCUT2D eigenvalue weighted by molar-refractivity contribution is 5.42. The van der Waals surface area contributed by atoms with E-state index in [0.717, 1.165) is 13.0 Å². The van der Waals surface area contributed by atoms with Gasteiger partial charge in [0, 0.05) is 31.5 Å². The smallest absolute Gasteiger partial charge is 0.276 e. The topological polar surface area (TPSA) is 51.3 Å². The van der Waals surface area contributed by atoms with Gasteiger partial charge in [-0.15, -0.1) is 0 Å². The van der Waals surface area contributed by atoms with E-state index in [9.17, 15) is 4.79 Å². The molecule has 0 aliphatic heterocycles. The van der Waals surface area contributed by atoms with E-state index in [0.29, 0.717) is 18.1 Å². The molecule has 2 rings (SSSR count). The molecule has 0 aliphatic carbocycles. The molecule has 0 saturated heterocycles. The van der Waals surface area contributed by atoms with Gasteiger partial charge in [0.05, 0.1) is 6.20 Å². The first-order valence-electron chi connectivity index (χ1n) is 6.48. The summed E-state index contributed by atoms with van der Waals surface area (Å²) in [6, 6.07) is 2.25. The Balaban J connectivity index is 1.99. The third kappa shape index (κ3) is 2.79. The van der Waals surface area contributed by atoms with E-state index in [4.69, 9.17) is 0 Å². The van der Waals surface area contributed by atoms with Crippen molar-refractivity contribution in [1.29, 1.82) is 0 Å². The molecule has 0 saturated carbocycles. The van der Waals surface area contributed by atoms with Crippen molar-refractivity contribution in [1.82, 2.24) is 19.5 Å². The minimum absolute atomic E-state index is 0.0138. The van der Waals surface area contributed by atoms with Crippen molar-refractivity contribution in [2.24, 2.45) is 0 Å². The maximum Gasteiger partial charge on any atom is 0.276 e. The Morgan fingerprint density at radius 2 is 2.28 bits per heavy atom. The summed E-state index contributed by atoms with van der Waals surface area (Å²) in [5.41, 5.74) is 0.638. The molecule has 2 aromatic heterocycles. The van der Waals surface area contributed by atoms with Gasteiger partial charge in [-0.1, -0.05) is 13.3 Å². The Labute approximate surface area is 106 Å². The van der Waals surface area contributed by atoms with Crippen LogP contribution in [0.2, 0.25) is 0 Å². The maximum atomic E-state index is 12.1. The molecule has 5 heteroatoms. The van der Waals surface area contributed by atoms with Crippen LogP contribution < -0.4 is 10.9 Å². The largest absolute Gasteiger partial charge is 0.312 e. The van der Waals surface area contributed by atoms with Crippen LogP contribution in [0.4, 0.5) is 0 Å². The van der Waals surface area contributed by atoms with Crippen LogP contribution in [-0.4, -0.2) is 26.8 Å². The standard InChI is InChI=1S/C13H20N4O/c1-3-4-11(2)14-7-8-16-9-10-17-12(13(16)18)5-6-15-17/h5-6,9-11,14H,3-4,7-8H2,1-2H3. The first-order valence-corrected chi connectivity index (χ1v) is 6.48. The second kappa shape index (κ2) is 5.82. The molecular formula is C13H20N4O. The van der Waals surface area contributed by atoms with Crippen molar-refractivity contribution in [3.05, 3.63) is 35.0 Å². The normalized spacial score (nSPS) is 13.0. The van der Waals surface area contributed by atoms with Crippen LogP contribution in [0.15, 0.2) is 29.5 Å². The number of aromatic nitrogens is 3. The minimum Gasteiger partial charge on any atom is -0.312 e. The molecule has 1 N–H and O–H groups in total. The third-order valence-corrected chi connectivity index (χ3v) is 3.11. The van der Waals surface area contributed by atoms with Crippen molar-refractivity contribution < 1.29 is 0 Å². The summed E-state index contributed by atoms with van der Waals surface area (Å²) in [5.74, 6) is 0. The van der Waals surface area contributed by atoms with Gasteiger partial charge in [0.15, 0.2) is 0 Å². The predicted octanol–water partition coefficient (Wildman–Crippen LogP) is 1.27. The van der Waals surface area contributed by atoms with Crippen molar-refractivity contribution in [3.63, 3.8) is 0 Å². The second-order valence-electron chi connectivity index (χ2n) is 4.60. The van der Waals surface area contributed by atoms with E-state index < -0.39 is 0 Å². The number of fused-ring (bicyclic) bond motifs is 1. The lowest BCUT2D eigenvalue weighted by atomic mass is 10.2. The van der Waals surface area contributed by atoms with Gasteiger partial charge in [-0.3, -0.25) is 4.79 Å². The summed E-state index contributed by atoms with van der Waals surface area (Å²) in [5, 5.41) is 7.46. The summed E-state index contributed by atoms with van der Waals surface area (Å²) in [7, 11) is 0. The highest BCUT2D eigenvalue weighted by Gasteiger charge is 2.03. The molecule has 2 heterocycles. The number of hydrogen-bond donors (Lipinski definition) is 1. The average molecular weight is 248 g/mol. The van der Waals surface area contributed by atoms with Crippen molar-refractivity contribution in [3.8, 4) is 0 Å². The van der Waals surface area contributed by atoms with Crippen LogP contribution in [0.1, 0.15) is 26.7 Å². The van der Waals surface area contributed by atoms with E-state index in [-0.39, 0.29) is 5.56 Å². The lowest BCUT2D eigenvalue weighted by Crippen LogP contribution is -2.32. The SMILES string of the molecule is CCCC(C)NCCn1ccn2nccc2c1=O. The average Bonchev–Trinajstić information content (AvgIpc) is 2.81. The molecular weight excluding hydrogens is 228 g/mol. The predicted molar refractivity (Wildman–Crippen MR) is 71.8 cm³/mol. The van der Waals surface area contributed by atoms with Crippen LogP contribution in [0.3, 0.4) is 0 Å². The molecule has 1 atom stereocenters. The summed E-state index contributed by atoms with van der Waals surface area (Å²) < 4.78 is 3.33. The van der Waals surface area contributed by atoms with Gasteiger partial charge in [0.25, 0.3) is 5.56 Å². The molecule has 98 valence electrons. The Bertz CT molecular complexity index is 557. The quantitative estimate of drug-likeness (QED) is 0.837. The van der Waals surface area contributed by atoms with Crippen LogP contribution in [0.5, 0.6) is 0 Å². The Morgan fingerprint density at radius 1 is 1.44 bits per heavy atom. The molecule has 5 nitrogen and oxygen atoms in total. The van der Waals surface area contributed by atoms with Gasteiger partial charge in [-0.25, -0.2) is 4.52 Å². The van der Waals surface area contributed by atoms with Crippen LogP contribution in [0, 0.1) is 0 Å². The zero-order valence-corrected chi connectivity index (χ0v) is 11.0. The van der Waals surface area contributed by atoms with Gasteiger partial charge >= 0.3 is 0 Å². The van der Waals surface area contributed by atoms with Gasteiger partial charge in [-0.2, -0.15) is 5.10 Å². The van der Waals surface area contributed by atoms with Gasteiger partial charge < -0.3 is 9.88 Å². The molecule has 0 spiro atoms. The molecule has 2 aromatic rings. The molecule has 0 aliphatic rings. The summed E-state index contributed by atoms with van der Waals surface area (Å²) >= 11 is 0. The van der Waals surface area contributed by atoms with Crippen LogP contribution >= 0.6 is 0 Å². The lowest BCUT2D eigenvalue weighted by Gasteiger charge is -2.13. The van der Waals surface area contributed by atoms with E-state index >= 15 is 0 Å². The lowest BCUT2D eigenvalue weighted by molar-refractivity contribution is 0.482. The third-order valence-electron chi connectivity index (χ3n) is 3.11. The van der Waals surface area contributed by atoms with Gasteiger partial charge in [0.2, 0.25) is 0 Å². The van der Waals surface area contributed by atoms with Crippen molar-refractivity contribution in [2.75, 3.05) is 6.54 Å². The van der Waals surface area contributed by atoms with E-state index in [1.807, 2.05) is 6.20 Å².